The molecule has 26 heavy (non-hydrogen) atoms. The third kappa shape index (κ3) is 2.61. The van der Waals surface area contributed by atoms with Gasteiger partial charge in [0.25, 0.3) is 10.0 Å². The van der Waals surface area contributed by atoms with Crippen LogP contribution >= 0.6 is 0 Å². The molecule has 2 aromatic carbocycles. The molecule has 0 bridgehead atoms. The highest BCUT2D eigenvalue weighted by Gasteiger charge is 2.36. The maximum absolute atomic E-state index is 12.9. The van der Waals surface area contributed by atoms with Crippen LogP contribution in [0.15, 0.2) is 65.8 Å². The molecule has 3 aromatic rings. The maximum atomic E-state index is 12.9. The largest absolute Gasteiger partial charge is 0.348 e. The van der Waals surface area contributed by atoms with E-state index in [9.17, 15) is 13.2 Å². The second kappa shape index (κ2) is 6.10. The van der Waals surface area contributed by atoms with Gasteiger partial charge in [-0.05, 0) is 36.1 Å². The Morgan fingerprint density at radius 1 is 1.15 bits per heavy atom. The molecule has 7 heteroatoms. The van der Waals surface area contributed by atoms with Gasteiger partial charge in [-0.1, -0.05) is 30.3 Å². The molecule has 0 fully saturated rings. The SMILES string of the molecule is CC(NC(=O)CN1c2cccc3cccc(c23)S1(=O)=O)c1cccnc1. The van der Waals surface area contributed by atoms with E-state index >= 15 is 0 Å². The molecule has 1 atom stereocenters. The number of hydrogen-bond donors (Lipinski definition) is 1. The number of carbonyl (C=O) groups excluding carboxylic acids is 1. The minimum atomic E-state index is -3.73. The highest BCUT2D eigenvalue weighted by molar-refractivity contribution is 7.93. The summed E-state index contributed by atoms with van der Waals surface area (Å²) in [7, 11) is -3.73. The van der Waals surface area contributed by atoms with Crippen molar-refractivity contribution < 1.29 is 13.2 Å². The van der Waals surface area contributed by atoms with E-state index in [0.29, 0.717) is 11.1 Å². The first kappa shape index (κ1) is 16.5. The minimum absolute atomic E-state index is 0.249. The average Bonchev–Trinajstić information content (AvgIpc) is 2.86. The van der Waals surface area contributed by atoms with Crippen molar-refractivity contribution in [3.63, 3.8) is 0 Å². The summed E-state index contributed by atoms with van der Waals surface area (Å²) < 4.78 is 27.0. The lowest BCUT2D eigenvalue weighted by atomic mass is 10.1. The Bertz CT molecular complexity index is 1090. The molecule has 4 rings (SSSR count). The number of hydrogen-bond acceptors (Lipinski definition) is 4. The van der Waals surface area contributed by atoms with Crippen LogP contribution in [-0.4, -0.2) is 25.9 Å². The van der Waals surface area contributed by atoms with Gasteiger partial charge in [0.2, 0.25) is 5.91 Å². The molecule has 2 heterocycles. The maximum Gasteiger partial charge on any atom is 0.265 e. The Hall–Kier alpha value is -2.93. The van der Waals surface area contributed by atoms with Crippen LogP contribution in [0.5, 0.6) is 0 Å². The Labute approximate surface area is 151 Å². The van der Waals surface area contributed by atoms with Crippen molar-refractivity contribution in [1.82, 2.24) is 10.3 Å². The van der Waals surface area contributed by atoms with E-state index in [1.165, 1.54) is 4.31 Å². The zero-order valence-electron chi connectivity index (χ0n) is 14.1. The molecule has 0 radical (unpaired) electrons. The van der Waals surface area contributed by atoms with Gasteiger partial charge in [0, 0.05) is 17.8 Å². The Kier molecular flexibility index (Phi) is 3.88. The standard InChI is InChI=1S/C19H17N3O3S/c1-13(15-7-4-10-20-11-15)21-18(23)12-22-16-8-2-5-14-6-3-9-17(19(14)16)26(22,24)25/h2-11,13H,12H2,1H3,(H,21,23). The summed E-state index contributed by atoms with van der Waals surface area (Å²) in [5, 5.41) is 4.35. The van der Waals surface area contributed by atoms with Gasteiger partial charge in [0.05, 0.1) is 16.6 Å². The van der Waals surface area contributed by atoms with Gasteiger partial charge in [-0.2, -0.15) is 0 Å². The Morgan fingerprint density at radius 3 is 2.65 bits per heavy atom. The van der Waals surface area contributed by atoms with Crippen LogP contribution in [0.3, 0.4) is 0 Å². The predicted molar refractivity (Wildman–Crippen MR) is 99.3 cm³/mol. The van der Waals surface area contributed by atoms with Gasteiger partial charge in [-0.15, -0.1) is 0 Å². The second-order valence-corrected chi connectivity index (χ2v) is 8.05. The van der Waals surface area contributed by atoms with Crippen molar-refractivity contribution in [2.75, 3.05) is 10.8 Å². The van der Waals surface area contributed by atoms with Crippen LogP contribution in [0, 0.1) is 0 Å². The van der Waals surface area contributed by atoms with Crippen LogP contribution in [0.4, 0.5) is 5.69 Å². The summed E-state index contributed by atoms with van der Waals surface area (Å²) in [6.45, 7) is 1.57. The van der Waals surface area contributed by atoms with Crippen molar-refractivity contribution in [2.24, 2.45) is 0 Å². The molecular formula is C19H17N3O3S. The number of rotatable bonds is 4. The van der Waals surface area contributed by atoms with Crippen LogP contribution in [0.25, 0.3) is 10.8 Å². The average molecular weight is 367 g/mol. The molecule has 1 amide bonds. The summed E-state index contributed by atoms with van der Waals surface area (Å²) in [5.74, 6) is -0.366. The number of pyridine rings is 1. The molecule has 132 valence electrons. The van der Waals surface area contributed by atoms with Crippen LogP contribution < -0.4 is 9.62 Å². The number of carbonyl (C=O) groups is 1. The first-order valence-corrected chi connectivity index (χ1v) is 9.66. The summed E-state index contributed by atoms with van der Waals surface area (Å²) in [6.07, 6.45) is 3.33. The van der Waals surface area contributed by atoms with E-state index in [0.717, 1.165) is 10.9 Å². The van der Waals surface area contributed by atoms with E-state index in [4.69, 9.17) is 0 Å². The van der Waals surface area contributed by atoms with E-state index < -0.39 is 10.0 Å². The Balaban J connectivity index is 1.61. The number of benzene rings is 2. The first-order valence-electron chi connectivity index (χ1n) is 8.22. The number of sulfonamides is 1. The van der Waals surface area contributed by atoms with Gasteiger partial charge in [-0.25, -0.2) is 8.42 Å². The first-order chi connectivity index (χ1) is 12.5. The fourth-order valence-electron chi connectivity index (χ4n) is 3.26. The summed E-state index contributed by atoms with van der Waals surface area (Å²) in [6, 6.07) is 13.9. The highest BCUT2D eigenvalue weighted by atomic mass is 32.2. The van der Waals surface area contributed by atoms with Crippen molar-refractivity contribution in [3.05, 3.63) is 66.5 Å². The monoisotopic (exact) mass is 367 g/mol. The quantitative estimate of drug-likeness (QED) is 0.769. The number of anilines is 1. The predicted octanol–water partition coefficient (Wildman–Crippen LogP) is 2.62. The lowest BCUT2D eigenvalue weighted by molar-refractivity contribution is -0.120. The van der Waals surface area contributed by atoms with Crippen LogP contribution in [0.2, 0.25) is 0 Å². The molecule has 1 unspecified atom stereocenters. The van der Waals surface area contributed by atoms with E-state index in [1.54, 1.807) is 42.7 Å². The van der Waals surface area contributed by atoms with Crippen molar-refractivity contribution in [2.45, 2.75) is 17.9 Å². The molecule has 0 saturated heterocycles. The Morgan fingerprint density at radius 2 is 1.92 bits per heavy atom. The van der Waals surface area contributed by atoms with E-state index in [1.807, 2.05) is 25.1 Å². The van der Waals surface area contributed by atoms with Gasteiger partial charge < -0.3 is 5.32 Å². The van der Waals surface area contributed by atoms with Crippen LogP contribution in [-0.2, 0) is 14.8 Å². The third-order valence-electron chi connectivity index (χ3n) is 4.53. The number of nitrogens with one attached hydrogen (secondary N) is 1. The fraction of sp³-hybridized carbons (Fsp3) is 0.158. The smallest absolute Gasteiger partial charge is 0.265 e. The highest BCUT2D eigenvalue weighted by Crippen LogP contribution is 2.41. The number of nitrogens with zero attached hydrogens (tertiary/aromatic N) is 2. The van der Waals surface area contributed by atoms with E-state index in [-0.39, 0.29) is 23.4 Å². The minimum Gasteiger partial charge on any atom is -0.348 e. The molecule has 1 N–H and O–H groups in total. The normalized spacial score (nSPS) is 15.8. The van der Waals surface area contributed by atoms with E-state index in [2.05, 4.69) is 10.3 Å². The van der Waals surface area contributed by atoms with Gasteiger partial charge >= 0.3 is 0 Å². The lowest BCUT2D eigenvalue weighted by Crippen LogP contribution is -2.39. The summed E-state index contributed by atoms with van der Waals surface area (Å²) in [4.78, 5) is 16.8. The topological polar surface area (TPSA) is 79.4 Å². The van der Waals surface area contributed by atoms with Crippen molar-refractivity contribution in [1.29, 1.82) is 0 Å². The number of amides is 1. The molecule has 0 saturated carbocycles. The lowest BCUT2D eigenvalue weighted by Gasteiger charge is -2.20. The van der Waals surface area contributed by atoms with Gasteiger partial charge in [0.15, 0.2) is 0 Å². The molecule has 0 spiro atoms. The molecule has 6 nitrogen and oxygen atoms in total. The molecule has 1 aliphatic rings. The molecule has 1 aromatic heterocycles. The molecule has 1 aliphatic heterocycles. The second-order valence-electron chi connectivity index (χ2n) is 6.22. The van der Waals surface area contributed by atoms with Crippen molar-refractivity contribution in [3.8, 4) is 0 Å². The number of aromatic nitrogens is 1. The van der Waals surface area contributed by atoms with Gasteiger partial charge in [-0.3, -0.25) is 14.1 Å². The zero-order valence-corrected chi connectivity index (χ0v) is 14.9. The molecular weight excluding hydrogens is 350 g/mol. The van der Waals surface area contributed by atoms with Crippen molar-refractivity contribution >= 4 is 32.4 Å². The third-order valence-corrected chi connectivity index (χ3v) is 6.33. The summed E-state index contributed by atoms with van der Waals surface area (Å²) >= 11 is 0. The van der Waals surface area contributed by atoms with Gasteiger partial charge in [0.1, 0.15) is 6.54 Å². The summed E-state index contributed by atoms with van der Waals surface area (Å²) in [5.41, 5.74) is 1.40. The molecule has 0 aliphatic carbocycles. The van der Waals surface area contributed by atoms with Crippen LogP contribution in [0.1, 0.15) is 18.5 Å². The zero-order chi connectivity index (χ0) is 18.3. The fourth-order valence-corrected chi connectivity index (χ4v) is 4.93.